The first-order valence-electron chi connectivity index (χ1n) is 6.92. The van der Waals surface area contributed by atoms with E-state index in [1.807, 2.05) is 11.9 Å². The summed E-state index contributed by atoms with van der Waals surface area (Å²) in [7, 11) is 3.33. The molecule has 1 aromatic carbocycles. The van der Waals surface area contributed by atoms with E-state index in [4.69, 9.17) is 4.74 Å². The second-order valence-electron chi connectivity index (χ2n) is 5.67. The molecule has 1 rings (SSSR count). The fourth-order valence-corrected chi connectivity index (χ4v) is 2.18. The number of hydrogen-bond acceptors (Lipinski definition) is 3. The molecule has 0 N–H and O–H groups in total. The Balaban J connectivity index is 2.69. The Morgan fingerprint density at radius 2 is 2.00 bits per heavy atom. The lowest BCUT2D eigenvalue weighted by Gasteiger charge is -2.25. The number of halogens is 1. The van der Waals surface area contributed by atoms with Gasteiger partial charge in [0.2, 0.25) is 0 Å². The van der Waals surface area contributed by atoms with Crippen LogP contribution in [-0.2, 0) is 0 Å². The molecule has 0 saturated heterocycles. The van der Waals surface area contributed by atoms with Crippen molar-refractivity contribution in [2.24, 2.45) is 5.92 Å². The molecule has 0 radical (unpaired) electrons. The maximum atomic E-state index is 13.6. The standard InChI is InChI=1S/C16H24FNO2/c1-11(2)8-12(3)18(4)10-15(19)13-6-7-16(20-5)14(17)9-13/h6-7,9,11-12H,8,10H2,1-5H3. The number of benzene rings is 1. The zero-order valence-electron chi connectivity index (χ0n) is 12.9. The van der Waals surface area contributed by atoms with Crippen molar-refractivity contribution in [2.75, 3.05) is 20.7 Å². The van der Waals surface area contributed by atoms with Gasteiger partial charge in [-0.1, -0.05) is 13.8 Å². The molecule has 0 amide bonds. The zero-order valence-corrected chi connectivity index (χ0v) is 12.9. The van der Waals surface area contributed by atoms with E-state index in [2.05, 4.69) is 20.8 Å². The fourth-order valence-electron chi connectivity index (χ4n) is 2.18. The predicted molar refractivity (Wildman–Crippen MR) is 78.8 cm³/mol. The predicted octanol–water partition coefficient (Wildman–Crippen LogP) is 3.38. The van der Waals surface area contributed by atoms with Crippen LogP contribution in [0.25, 0.3) is 0 Å². The lowest BCUT2D eigenvalue weighted by atomic mass is 10.0. The number of rotatable bonds is 7. The Kier molecular flexibility index (Phi) is 6.14. The summed E-state index contributed by atoms with van der Waals surface area (Å²) in [6.45, 7) is 6.71. The Hall–Kier alpha value is -1.42. The molecule has 0 spiro atoms. The number of carbonyl (C=O) groups excluding carboxylic acids is 1. The van der Waals surface area contributed by atoms with Gasteiger partial charge < -0.3 is 4.74 Å². The summed E-state index contributed by atoms with van der Waals surface area (Å²) in [6.07, 6.45) is 1.03. The highest BCUT2D eigenvalue weighted by Crippen LogP contribution is 2.18. The van der Waals surface area contributed by atoms with Gasteiger partial charge in [0.25, 0.3) is 0 Å². The quantitative estimate of drug-likeness (QED) is 0.718. The van der Waals surface area contributed by atoms with Gasteiger partial charge >= 0.3 is 0 Å². The molecule has 0 aliphatic rings. The summed E-state index contributed by atoms with van der Waals surface area (Å²) in [4.78, 5) is 14.2. The molecule has 1 atom stereocenters. The number of hydrogen-bond donors (Lipinski definition) is 0. The van der Waals surface area contributed by atoms with Crippen molar-refractivity contribution in [3.05, 3.63) is 29.6 Å². The van der Waals surface area contributed by atoms with Crippen LogP contribution in [0.15, 0.2) is 18.2 Å². The van der Waals surface area contributed by atoms with E-state index in [9.17, 15) is 9.18 Å². The summed E-state index contributed by atoms with van der Waals surface area (Å²) in [5.74, 6) is 0.157. The van der Waals surface area contributed by atoms with Crippen molar-refractivity contribution in [1.29, 1.82) is 0 Å². The lowest BCUT2D eigenvalue weighted by Crippen LogP contribution is -2.34. The van der Waals surface area contributed by atoms with Crippen LogP contribution < -0.4 is 4.74 Å². The Labute approximate surface area is 120 Å². The Bertz CT molecular complexity index is 460. The first-order valence-corrected chi connectivity index (χ1v) is 6.92. The number of ether oxygens (including phenoxy) is 1. The van der Waals surface area contributed by atoms with E-state index in [0.717, 1.165) is 6.42 Å². The molecule has 112 valence electrons. The molecule has 0 aliphatic heterocycles. The molecular formula is C16H24FNO2. The third kappa shape index (κ3) is 4.60. The molecule has 0 bridgehead atoms. The minimum absolute atomic E-state index is 0.0790. The monoisotopic (exact) mass is 281 g/mol. The molecule has 3 nitrogen and oxygen atoms in total. The first-order chi connectivity index (χ1) is 9.35. The van der Waals surface area contributed by atoms with Gasteiger partial charge in [-0.05, 0) is 44.5 Å². The maximum Gasteiger partial charge on any atom is 0.176 e. The highest BCUT2D eigenvalue weighted by atomic mass is 19.1. The summed E-state index contributed by atoms with van der Waals surface area (Å²) < 4.78 is 18.4. The van der Waals surface area contributed by atoms with Crippen molar-refractivity contribution in [2.45, 2.75) is 33.2 Å². The molecule has 4 heteroatoms. The molecular weight excluding hydrogens is 257 g/mol. The van der Waals surface area contributed by atoms with E-state index >= 15 is 0 Å². The molecule has 1 unspecified atom stereocenters. The van der Waals surface area contributed by atoms with E-state index in [0.29, 0.717) is 24.1 Å². The van der Waals surface area contributed by atoms with Gasteiger partial charge in [-0.2, -0.15) is 0 Å². The van der Waals surface area contributed by atoms with E-state index in [1.54, 1.807) is 6.07 Å². The van der Waals surface area contributed by atoms with E-state index in [-0.39, 0.29) is 11.5 Å². The minimum atomic E-state index is -0.503. The maximum absolute atomic E-state index is 13.6. The number of methoxy groups -OCH3 is 1. The van der Waals surface area contributed by atoms with Crippen LogP contribution in [0.4, 0.5) is 4.39 Å². The number of Topliss-reactive ketones (excluding diaryl/α,β-unsaturated/α-hetero) is 1. The highest BCUT2D eigenvalue weighted by Gasteiger charge is 2.16. The number of likely N-dealkylation sites (N-methyl/N-ethyl adjacent to an activating group) is 1. The molecule has 1 aromatic rings. The molecule has 0 fully saturated rings. The second-order valence-corrected chi connectivity index (χ2v) is 5.67. The van der Waals surface area contributed by atoms with Crippen molar-refractivity contribution in [3.8, 4) is 5.75 Å². The van der Waals surface area contributed by atoms with Crippen LogP contribution in [0.5, 0.6) is 5.75 Å². The van der Waals surface area contributed by atoms with Crippen LogP contribution in [-0.4, -0.2) is 37.4 Å². The van der Waals surface area contributed by atoms with Crippen LogP contribution in [0.1, 0.15) is 37.6 Å². The minimum Gasteiger partial charge on any atom is -0.494 e. The van der Waals surface area contributed by atoms with Gasteiger partial charge in [0.05, 0.1) is 13.7 Å². The Morgan fingerprint density at radius 1 is 1.35 bits per heavy atom. The normalized spacial score (nSPS) is 12.8. The molecule has 0 saturated carbocycles. The van der Waals surface area contributed by atoms with Gasteiger partial charge in [-0.25, -0.2) is 4.39 Å². The lowest BCUT2D eigenvalue weighted by molar-refractivity contribution is 0.0916. The first kappa shape index (κ1) is 16.6. The third-order valence-corrected chi connectivity index (χ3v) is 3.43. The van der Waals surface area contributed by atoms with Crippen LogP contribution >= 0.6 is 0 Å². The van der Waals surface area contributed by atoms with E-state index in [1.165, 1.54) is 19.2 Å². The third-order valence-electron chi connectivity index (χ3n) is 3.43. The number of nitrogens with zero attached hydrogens (tertiary/aromatic N) is 1. The molecule has 0 aromatic heterocycles. The van der Waals surface area contributed by atoms with Crippen molar-refractivity contribution in [1.82, 2.24) is 4.90 Å². The Morgan fingerprint density at radius 3 is 2.50 bits per heavy atom. The summed E-state index contributed by atoms with van der Waals surface area (Å²) >= 11 is 0. The van der Waals surface area contributed by atoms with Gasteiger partial charge in [-0.3, -0.25) is 9.69 Å². The largest absolute Gasteiger partial charge is 0.494 e. The summed E-state index contributed by atoms with van der Waals surface area (Å²) in [5, 5.41) is 0. The molecule has 0 aliphatic carbocycles. The van der Waals surface area contributed by atoms with E-state index < -0.39 is 5.82 Å². The van der Waals surface area contributed by atoms with Crippen LogP contribution in [0, 0.1) is 11.7 Å². The number of ketones is 1. The topological polar surface area (TPSA) is 29.5 Å². The molecule has 20 heavy (non-hydrogen) atoms. The average Bonchev–Trinajstić information content (AvgIpc) is 2.37. The van der Waals surface area contributed by atoms with Crippen molar-refractivity contribution < 1.29 is 13.9 Å². The van der Waals surface area contributed by atoms with Gasteiger partial charge in [0, 0.05) is 11.6 Å². The van der Waals surface area contributed by atoms with Crippen LogP contribution in [0.3, 0.4) is 0 Å². The number of carbonyl (C=O) groups is 1. The SMILES string of the molecule is COc1ccc(C(=O)CN(C)C(C)CC(C)C)cc1F. The highest BCUT2D eigenvalue weighted by molar-refractivity contribution is 5.97. The summed E-state index contributed by atoms with van der Waals surface area (Å²) in [5.41, 5.74) is 0.381. The van der Waals surface area contributed by atoms with Gasteiger partial charge in [0.15, 0.2) is 17.3 Å². The fraction of sp³-hybridized carbons (Fsp3) is 0.562. The van der Waals surface area contributed by atoms with Crippen molar-refractivity contribution >= 4 is 5.78 Å². The second kappa shape index (κ2) is 7.39. The average molecular weight is 281 g/mol. The zero-order chi connectivity index (χ0) is 15.3. The van der Waals surface area contributed by atoms with Gasteiger partial charge in [0.1, 0.15) is 0 Å². The summed E-state index contributed by atoms with van der Waals surface area (Å²) in [6, 6.07) is 4.65. The van der Waals surface area contributed by atoms with Crippen molar-refractivity contribution in [3.63, 3.8) is 0 Å². The molecule has 0 heterocycles. The van der Waals surface area contributed by atoms with Gasteiger partial charge in [-0.15, -0.1) is 0 Å². The van der Waals surface area contributed by atoms with Crippen LogP contribution in [0.2, 0.25) is 0 Å². The smallest absolute Gasteiger partial charge is 0.176 e.